The van der Waals surface area contributed by atoms with E-state index < -0.39 is 27.1 Å². The fourth-order valence-electron chi connectivity index (χ4n) is 1.59. The summed E-state index contributed by atoms with van der Waals surface area (Å²) in [6.45, 7) is 0. The number of amides is 1. The maximum absolute atomic E-state index is 11.7. The van der Waals surface area contributed by atoms with E-state index in [0.29, 0.717) is 0 Å². The number of benzene rings is 2. The summed E-state index contributed by atoms with van der Waals surface area (Å²) < 4.78 is 0. The molecule has 0 atom stereocenters. The molecule has 0 unspecified atom stereocenters. The normalized spacial score (nSPS) is 10.5. The number of hydrogen-bond donors (Lipinski definition) is 0. The minimum atomic E-state index is -0.825. The first kappa shape index (κ1) is 14.9. The van der Waals surface area contributed by atoms with E-state index in [4.69, 9.17) is 0 Å². The molecule has 9 nitrogen and oxygen atoms in total. The molecule has 0 N–H and O–H groups in total. The maximum Gasteiger partial charge on any atom is 0.303 e. The van der Waals surface area contributed by atoms with Crippen molar-refractivity contribution in [1.82, 2.24) is 0 Å². The Hall–Kier alpha value is -3.49. The van der Waals surface area contributed by atoms with E-state index in [-0.39, 0.29) is 11.3 Å². The number of carbonyl (C=O) groups is 1. The monoisotopic (exact) mass is 300 g/mol. The van der Waals surface area contributed by atoms with Crippen LogP contribution < -0.4 is 0 Å². The third-order valence-corrected chi connectivity index (χ3v) is 2.64. The SMILES string of the molecule is O=C(N=Nc1ccc([N+](=O)[O-])cc1[N+](=O)[O-])c1ccccc1. The van der Waals surface area contributed by atoms with E-state index in [1.807, 2.05) is 0 Å². The first-order valence-corrected chi connectivity index (χ1v) is 5.93. The van der Waals surface area contributed by atoms with Crippen molar-refractivity contribution in [3.8, 4) is 0 Å². The van der Waals surface area contributed by atoms with Crippen molar-refractivity contribution in [2.24, 2.45) is 10.2 Å². The Labute approximate surface area is 123 Å². The molecule has 110 valence electrons. The van der Waals surface area contributed by atoms with Crippen LogP contribution in [0.2, 0.25) is 0 Å². The van der Waals surface area contributed by atoms with Crippen LogP contribution in [0.3, 0.4) is 0 Å². The second kappa shape index (κ2) is 6.31. The number of azo groups is 1. The molecular weight excluding hydrogens is 292 g/mol. The van der Waals surface area contributed by atoms with Gasteiger partial charge < -0.3 is 0 Å². The van der Waals surface area contributed by atoms with Crippen molar-refractivity contribution in [2.45, 2.75) is 0 Å². The third-order valence-electron chi connectivity index (χ3n) is 2.64. The standard InChI is InChI=1S/C13H8N4O5/c18-13(9-4-2-1-3-5-9)15-14-11-7-6-10(16(19)20)8-12(11)17(21)22/h1-8H. The molecule has 0 radical (unpaired) electrons. The van der Waals surface area contributed by atoms with E-state index in [0.717, 1.165) is 18.2 Å². The Balaban J connectivity index is 2.33. The van der Waals surface area contributed by atoms with Crippen molar-refractivity contribution in [1.29, 1.82) is 0 Å². The lowest BCUT2D eigenvalue weighted by molar-refractivity contribution is -0.393. The molecule has 9 heteroatoms. The smallest absolute Gasteiger partial charge is 0.265 e. The van der Waals surface area contributed by atoms with Crippen LogP contribution in [0, 0.1) is 20.2 Å². The molecule has 0 bridgehead atoms. The lowest BCUT2D eigenvalue weighted by Gasteiger charge is -1.97. The summed E-state index contributed by atoms with van der Waals surface area (Å²) in [5.74, 6) is -0.673. The highest BCUT2D eigenvalue weighted by atomic mass is 16.6. The van der Waals surface area contributed by atoms with Gasteiger partial charge in [0, 0.05) is 11.6 Å². The van der Waals surface area contributed by atoms with Gasteiger partial charge in [-0.1, -0.05) is 18.2 Å². The minimum absolute atomic E-state index is 0.236. The third kappa shape index (κ3) is 3.33. The Bertz CT molecular complexity index is 773. The predicted molar refractivity (Wildman–Crippen MR) is 75.0 cm³/mol. The summed E-state index contributed by atoms with van der Waals surface area (Å²) in [6.07, 6.45) is 0. The van der Waals surface area contributed by atoms with E-state index in [9.17, 15) is 25.0 Å². The van der Waals surface area contributed by atoms with Crippen LogP contribution in [0.25, 0.3) is 0 Å². The Morgan fingerprint density at radius 3 is 2.23 bits per heavy atom. The van der Waals surface area contributed by atoms with Crippen molar-refractivity contribution < 1.29 is 14.6 Å². The molecule has 2 rings (SSSR count). The van der Waals surface area contributed by atoms with Gasteiger partial charge in [0.25, 0.3) is 11.6 Å². The summed E-state index contributed by atoms with van der Waals surface area (Å²) in [7, 11) is 0. The zero-order valence-corrected chi connectivity index (χ0v) is 10.9. The highest BCUT2D eigenvalue weighted by Crippen LogP contribution is 2.31. The van der Waals surface area contributed by atoms with Crippen LogP contribution in [-0.4, -0.2) is 15.8 Å². The highest BCUT2D eigenvalue weighted by Gasteiger charge is 2.19. The van der Waals surface area contributed by atoms with Gasteiger partial charge in [0.1, 0.15) is 0 Å². The van der Waals surface area contributed by atoms with Crippen LogP contribution >= 0.6 is 0 Å². The van der Waals surface area contributed by atoms with Crippen molar-refractivity contribution in [3.63, 3.8) is 0 Å². The van der Waals surface area contributed by atoms with Gasteiger partial charge in [-0.05, 0) is 18.2 Å². The molecule has 22 heavy (non-hydrogen) atoms. The van der Waals surface area contributed by atoms with Gasteiger partial charge in [-0.2, -0.15) is 0 Å². The zero-order chi connectivity index (χ0) is 16.1. The van der Waals surface area contributed by atoms with Crippen LogP contribution in [-0.2, 0) is 0 Å². The molecule has 0 aromatic heterocycles. The van der Waals surface area contributed by atoms with Gasteiger partial charge in [0.05, 0.1) is 15.9 Å². The number of nitro benzene ring substituents is 2. The fraction of sp³-hybridized carbons (Fsp3) is 0. The summed E-state index contributed by atoms with van der Waals surface area (Å²) >= 11 is 0. The van der Waals surface area contributed by atoms with Crippen LogP contribution in [0.15, 0.2) is 58.8 Å². The van der Waals surface area contributed by atoms with Gasteiger partial charge >= 0.3 is 5.69 Å². The highest BCUT2D eigenvalue weighted by molar-refractivity contribution is 5.94. The molecular formula is C13H8N4O5. The van der Waals surface area contributed by atoms with Gasteiger partial charge in [-0.15, -0.1) is 10.2 Å². The van der Waals surface area contributed by atoms with E-state index in [1.54, 1.807) is 18.2 Å². The number of nitro groups is 2. The molecule has 1 amide bonds. The van der Waals surface area contributed by atoms with E-state index in [1.165, 1.54) is 12.1 Å². The van der Waals surface area contributed by atoms with Gasteiger partial charge in [-0.25, -0.2) is 0 Å². The Morgan fingerprint density at radius 1 is 0.955 bits per heavy atom. The first-order chi connectivity index (χ1) is 10.5. The van der Waals surface area contributed by atoms with Crippen LogP contribution in [0.4, 0.5) is 17.1 Å². The minimum Gasteiger partial charge on any atom is -0.265 e. The average molecular weight is 300 g/mol. The van der Waals surface area contributed by atoms with Gasteiger partial charge in [0.15, 0.2) is 5.69 Å². The molecule has 2 aromatic rings. The number of non-ortho nitro benzene ring substituents is 1. The summed E-state index contributed by atoms with van der Waals surface area (Å²) in [4.78, 5) is 31.7. The van der Waals surface area contributed by atoms with Crippen molar-refractivity contribution in [3.05, 3.63) is 74.3 Å². The summed E-state index contributed by atoms with van der Waals surface area (Å²) in [6, 6.07) is 10.9. The molecule has 0 saturated heterocycles. The molecule has 0 aliphatic rings. The predicted octanol–water partition coefficient (Wildman–Crippen LogP) is 3.43. The van der Waals surface area contributed by atoms with Crippen molar-refractivity contribution >= 4 is 23.0 Å². The fourth-order valence-corrected chi connectivity index (χ4v) is 1.59. The molecule has 0 aliphatic carbocycles. The second-order valence-corrected chi connectivity index (χ2v) is 4.06. The van der Waals surface area contributed by atoms with Crippen LogP contribution in [0.1, 0.15) is 10.4 Å². The molecule has 0 heterocycles. The second-order valence-electron chi connectivity index (χ2n) is 4.06. The molecule has 0 aliphatic heterocycles. The van der Waals surface area contributed by atoms with E-state index >= 15 is 0 Å². The average Bonchev–Trinajstić information content (AvgIpc) is 2.53. The lowest BCUT2D eigenvalue weighted by Crippen LogP contribution is -1.94. The van der Waals surface area contributed by atoms with Crippen molar-refractivity contribution in [2.75, 3.05) is 0 Å². The van der Waals surface area contributed by atoms with Gasteiger partial charge in [0.2, 0.25) is 0 Å². The Morgan fingerprint density at radius 2 is 1.64 bits per heavy atom. The number of rotatable bonds is 4. The number of carbonyl (C=O) groups excluding carboxylic acids is 1. The number of nitrogens with zero attached hydrogens (tertiary/aromatic N) is 4. The largest absolute Gasteiger partial charge is 0.303 e. The van der Waals surface area contributed by atoms with E-state index in [2.05, 4.69) is 10.2 Å². The first-order valence-electron chi connectivity index (χ1n) is 5.93. The molecule has 0 spiro atoms. The maximum atomic E-state index is 11.7. The van der Waals surface area contributed by atoms with Gasteiger partial charge in [-0.3, -0.25) is 25.0 Å². The number of hydrogen-bond acceptors (Lipinski definition) is 6. The molecule has 2 aromatic carbocycles. The lowest BCUT2D eigenvalue weighted by atomic mass is 10.2. The molecule has 0 fully saturated rings. The summed E-state index contributed by atoms with van der Waals surface area (Å²) in [5.41, 5.74) is -1.01. The topological polar surface area (TPSA) is 128 Å². The zero-order valence-electron chi connectivity index (χ0n) is 10.9. The quantitative estimate of drug-likeness (QED) is 0.485. The molecule has 0 saturated carbocycles. The summed E-state index contributed by atoms with van der Waals surface area (Å²) in [5, 5.41) is 28.4. The van der Waals surface area contributed by atoms with Crippen LogP contribution in [0.5, 0.6) is 0 Å². The Kier molecular flexibility index (Phi) is 4.27.